The van der Waals surface area contributed by atoms with E-state index in [1.807, 2.05) is 43.0 Å². The van der Waals surface area contributed by atoms with Crippen molar-refractivity contribution in [1.29, 1.82) is 0 Å². The second kappa shape index (κ2) is 6.83. The first kappa shape index (κ1) is 15.0. The fourth-order valence-electron chi connectivity index (χ4n) is 1.87. The number of likely N-dealkylation sites (N-methyl/N-ethyl adjacent to an activating group) is 1. The van der Waals surface area contributed by atoms with Crippen LogP contribution in [0, 0.1) is 0 Å². The molecule has 0 saturated carbocycles. The first-order valence-electron chi connectivity index (χ1n) is 6.43. The van der Waals surface area contributed by atoms with Crippen molar-refractivity contribution in [2.75, 3.05) is 27.7 Å². The molecule has 5 nitrogen and oxygen atoms in total. The summed E-state index contributed by atoms with van der Waals surface area (Å²) in [5.41, 5.74) is 0.964. The largest absolute Gasteiger partial charge is 0.377 e. The monoisotopic (exact) mass is 294 g/mol. The van der Waals surface area contributed by atoms with Crippen LogP contribution in [-0.4, -0.2) is 47.4 Å². The van der Waals surface area contributed by atoms with Gasteiger partial charge < -0.3 is 9.64 Å². The zero-order chi connectivity index (χ0) is 14.5. The Labute approximate surface area is 124 Å². The van der Waals surface area contributed by atoms with Crippen LogP contribution in [0.25, 0.3) is 11.4 Å². The van der Waals surface area contributed by atoms with Crippen LogP contribution >= 0.6 is 11.6 Å². The molecule has 0 aliphatic heterocycles. The summed E-state index contributed by atoms with van der Waals surface area (Å²) >= 11 is 6.05. The van der Waals surface area contributed by atoms with E-state index in [1.165, 1.54) is 0 Å². The summed E-state index contributed by atoms with van der Waals surface area (Å²) in [6.45, 7) is 2.07. The van der Waals surface area contributed by atoms with E-state index < -0.39 is 0 Å². The molecule has 1 aromatic carbocycles. The van der Waals surface area contributed by atoms with Gasteiger partial charge in [-0.1, -0.05) is 23.7 Å². The Morgan fingerprint density at radius 3 is 2.80 bits per heavy atom. The molecule has 0 fully saturated rings. The van der Waals surface area contributed by atoms with Crippen LogP contribution in [-0.2, 0) is 17.9 Å². The number of hydrogen-bond acceptors (Lipinski definition) is 4. The van der Waals surface area contributed by atoms with Gasteiger partial charge in [-0.2, -0.15) is 5.10 Å². The van der Waals surface area contributed by atoms with Crippen molar-refractivity contribution in [2.24, 2.45) is 0 Å². The first-order chi connectivity index (χ1) is 9.60. The minimum absolute atomic E-state index is 0.405. The van der Waals surface area contributed by atoms with E-state index >= 15 is 0 Å². The number of hydrogen-bond donors (Lipinski definition) is 0. The molecular formula is C14H19ClN4O. The molecule has 0 N–H and O–H groups in total. The van der Waals surface area contributed by atoms with Gasteiger partial charge in [0.15, 0.2) is 11.6 Å². The van der Waals surface area contributed by atoms with E-state index in [1.54, 1.807) is 7.11 Å². The van der Waals surface area contributed by atoms with Gasteiger partial charge in [0.25, 0.3) is 0 Å². The molecule has 2 aromatic rings. The highest BCUT2D eigenvalue weighted by Crippen LogP contribution is 2.21. The van der Waals surface area contributed by atoms with E-state index in [4.69, 9.17) is 16.3 Å². The van der Waals surface area contributed by atoms with E-state index in [2.05, 4.69) is 15.0 Å². The normalized spacial score (nSPS) is 11.2. The molecule has 2 rings (SSSR count). The lowest BCUT2D eigenvalue weighted by Crippen LogP contribution is -2.19. The minimum Gasteiger partial charge on any atom is -0.377 e. The summed E-state index contributed by atoms with van der Waals surface area (Å²) in [7, 11) is 5.71. The van der Waals surface area contributed by atoms with Crippen molar-refractivity contribution in [1.82, 2.24) is 19.7 Å². The second-order valence-electron chi connectivity index (χ2n) is 4.82. The Morgan fingerprint density at radius 2 is 2.15 bits per heavy atom. The molecule has 6 heteroatoms. The predicted octanol–water partition coefficient (Wildman–Crippen LogP) is 2.31. The van der Waals surface area contributed by atoms with Crippen molar-refractivity contribution in [3.8, 4) is 11.4 Å². The highest BCUT2D eigenvalue weighted by atomic mass is 35.5. The van der Waals surface area contributed by atoms with Gasteiger partial charge in [0, 0.05) is 24.2 Å². The van der Waals surface area contributed by atoms with Gasteiger partial charge in [0.05, 0.1) is 6.54 Å². The van der Waals surface area contributed by atoms with Gasteiger partial charge in [0.1, 0.15) is 6.61 Å². The second-order valence-corrected chi connectivity index (χ2v) is 5.26. The van der Waals surface area contributed by atoms with E-state index in [9.17, 15) is 0 Å². The lowest BCUT2D eigenvalue weighted by atomic mass is 10.2. The number of rotatable bonds is 6. The molecule has 0 spiro atoms. The third kappa shape index (κ3) is 3.79. The summed E-state index contributed by atoms with van der Waals surface area (Å²) in [6, 6.07) is 7.65. The van der Waals surface area contributed by atoms with Crippen molar-refractivity contribution < 1.29 is 4.74 Å². The summed E-state index contributed by atoms with van der Waals surface area (Å²) in [6.07, 6.45) is 0. The van der Waals surface area contributed by atoms with Crippen LogP contribution in [0.3, 0.4) is 0 Å². The average Bonchev–Trinajstić information content (AvgIpc) is 2.80. The molecule has 108 valence electrons. The minimum atomic E-state index is 0.405. The van der Waals surface area contributed by atoms with Gasteiger partial charge in [0.2, 0.25) is 0 Å². The number of ether oxygens (including phenoxy) is 1. The molecule has 0 aliphatic rings. The Kier molecular flexibility index (Phi) is 5.11. The van der Waals surface area contributed by atoms with Crippen LogP contribution in [0.4, 0.5) is 0 Å². The van der Waals surface area contributed by atoms with Crippen molar-refractivity contribution in [3.63, 3.8) is 0 Å². The molecule has 0 bridgehead atoms. The van der Waals surface area contributed by atoms with Gasteiger partial charge in [-0.15, -0.1) is 0 Å². The molecule has 0 aliphatic carbocycles. The lowest BCUT2D eigenvalue weighted by Gasteiger charge is -2.11. The van der Waals surface area contributed by atoms with Gasteiger partial charge in [-0.05, 0) is 26.2 Å². The standard InChI is InChI=1S/C14H19ClN4O/c1-18(2)7-8-19-14(16-13(17-19)10-20-3)11-5-4-6-12(15)9-11/h4-6,9H,7-8,10H2,1-3H3. The van der Waals surface area contributed by atoms with Crippen LogP contribution in [0.15, 0.2) is 24.3 Å². The third-order valence-electron chi connectivity index (χ3n) is 2.83. The van der Waals surface area contributed by atoms with Crippen molar-refractivity contribution in [3.05, 3.63) is 35.1 Å². The molecule has 0 atom stereocenters. The molecule has 20 heavy (non-hydrogen) atoms. The molecular weight excluding hydrogens is 276 g/mol. The number of aromatic nitrogens is 3. The van der Waals surface area contributed by atoms with Crippen LogP contribution in [0.1, 0.15) is 5.82 Å². The van der Waals surface area contributed by atoms with Crippen molar-refractivity contribution in [2.45, 2.75) is 13.2 Å². The topological polar surface area (TPSA) is 43.2 Å². The molecule has 1 heterocycles. The Balaban J connectivity index is 2.33. The molecule has 1 aromatic heterocycles. The Morgan fingerprint density at radius 1 is 1.35 bits per heavy atom. The predicted molar refractivity (Wildman–Crippen MR) is 79.7 cm³/mol. The zero-order valence-corrected chi connectivity index (χ0v) is 12.8. The highest BCUT2D eigenvalue weighted by Gasteiger charge is 2.12. The maximum absolute atomic E-state index is 6.05. The van der Waals surface area contributed by atoms with Gasteiger partial charge >= 0.3 is 0 Å². The van der Waals surface area contributed by atoms with Crippen LogP contribution in [0.5, 0.6) is 0 Å². The third-order valence-corrected chi connectivity index (χ3v) is 3.07. The number of benzene rings is 1. The number of nitrogens with zero attached hydrogens (tertiary/aromatic N) is 4. The summed E-state index contributed by atoms with van der Waals surface area (Å²) in [5.74, 6) is 1.50. The van der Waals surface area contributed by atoms with E-state index in [-0.39, 0.29) is 0 Å². The maximum Gasteiger partial charge on any atom is 0.176 e. The first-order valence-corrected chi connectivity index (χ1v) is 6.81. The highest BCUT2D eigenvalue weighted by molar-refractivity contribution is 6.30. The van der Waals surface area contributed by atoms with Crippen LogP contribution < -0.4 is 0 Å². The fraction of sp³-hybridized carbons (Fsp3) is 0.429. The van der Waals surface area contributed by atoms with Gasteiger partial charge in [-0.3, -0.25) is 0 Å². The summed E-state index contributed by atoms with van der Waals surface area (Å²) < 4.78 is 7.01. The zero-order valence-electron chi connectivity index (χ0n) is 12.0. The quantitative estimate of drug-likeness (QED) is 0.820. The lowest BCUT2D eigenvalue weighted by molar-refractivity contribution is 0.177. The van der Waals surface area contributed by atoms with Gasteiger partial charge in [-0.25, -0.2) is 9.67 Å². The fourth-order valence-corrected chi connectivity index (χ4v) is 2.06. The summed E-state index contributed by atoms with van der Waals surface area (Å²) in [5, 5.41) is 5.18. The SMILES string of the molecule is COCc1nc(-c2cccc(Cl)c2)n(CCN(C)C)n1. The van der Waals surface area contributed by atoms with Crippen LogP contribution in [0.2, 0.25) is 5.02 Å². The molecule has 0 unspecified atom stereocenters. The average molecular weight is 295 g/mol. The van der Waals surface area contributed by atoms with E-state index in [0.29, 0.717) is 17.5 Å². The summed E-state index contributed by atoms with van der Waals surface area (Å²) in [4.78, 5) is 6.65. The maximum atomic E-state index is 6.05. The van der Waals surface area contributed by atoms with Crippen molar-refractivity contribution >= 4 is 11.6 Å². The number of halogens is 1. The Bertz CT molecular complexity index is 568. The Hall–Kier alpha value is -1.43. The molecule has 0 radical (unpaired) electrons. The smallest absolute Gasteiger partial charge is 0.176 e. The molecule has 0 saturated heterocycles. The molecule has 0 amide bonds. The number of methoxy groups -OCH3 is 1. The van der Waals surface area contributed by atoms with E-state index in [0.717, 1.165) is 24.5 Å².